The highest BCUT2D eigenvalue weighted by Crippen LogP contribution is 2.09. The van der Waals surface area contributed by atoms with Crippen LogP contribution in [0, 0.1) is 0 Å². The Hall–Kier alpha value is -2.03. The molecule has 0 saturated carbocycles. The third-order valence-electron chi connectivity index (χ3n) is 2.97. The molecule has 0 aliphatic carbocycles. The largest absolute Gasteiger partial charge is 0.508 e. The Kier molecular flexibility index (Phi) is 11.5. The van der Waals surface area contributed by atoms with Crippen LogP contribution in [0.2, 0.25) is 0 Å². The van der Waals surface area contributed by atoms with Crippen molar-refractivity contribution in [3.63, 3.8) is 0 Å². The van der Waals surface area contributed by atoms with Crippen LogP contribution >= 0.6 is 0 Å². The van der Waals surface area contributed by atoms with Gasteiger partial charge >= 0.3 is 18.3 Å². The molecule has 0 aromatic rings. The topological polar surface area (TPSA) is 101 Å². The molecule has 0 bridgehead atoms. The van der Waals surface area contributed by atoms with Crippen LogP contribution in [0.3, 0.4) is 0 Å². The third-order valence-corrected chi connectivity index (χ3v) is 2.97. The van der Waals surface area contributed by atoms with Crippen LogP contribution in [0.5, 0.6) is 0 Å². The number of esters is 1. The summed E-state index contributed by atoms with van der Waals surface area (Å²) in [5, 5.41) is 0. The highest BCUT2D eigenvalue weighted by molar-refractivity contribution is 5.69. The van der Waals surface area contributed by atoms with Crippen molar-refractivity contribution in [3.8, 4) is 0 Å². The van der Waals surface area contributed by atoms with E-state index in [2.05, 4.69) is 0 Å². The average molecular weight is 405 g/mol. The second-order valence-electron chi connectivity index (χ2n) is 8.02. The number of carbonyl (C=O) groups excluding carboxylic acids is 3. The van der Waals surface area contributed by atoms with Crippen LogP contribution in [0.1, 0.15) is 54.9 Å². The summed E-state index contributed by atoms with van der Waals surface area (Å²) >= 11 is 0. The molecule has 0 unspecified atom stereocenters. The molecule has 0 aliphatic rings. The van der Waals surface area contributed by atoms with Crippen LogP contribution < -0.4 is 0 Å². The molecule has 0 aromatic carbocycles. The number of nitrogens with zero attached hydrogens (tertiary/aromatic N) is 1. The Morgan fingerprint density at radius 2 is 1.14 bits per heavy atom. The first-order chi connectivity index (χ1) is 12.8. The van der Waals surface area contributed by atoms with Crippen LogP contribution in [0.15, 0.2) is 0 Å². The Labute approximate surface area is 167 Å². The van der Waals surface area contributed by atoms with Gasteiger partial charge in [0.05, 0.1) is 13.0 Å². The molecule has 164 valence electrons. The van der Waals surface area contributed by atoms with Crippen molar-refractivity contribution in [2.75, 3.05) is 39.5 Å². The molecule has 0 fully saturated rings. The van der Waals surface area contributed by atoms with Crippen LogP contribution in [0.4, 0.5) is 9.59 Å². The average Bonchev–Trinajstić information content (AvgIpc) is 2.48. The molecule has 9 heteroatoms. The molecule has 0 aliphatic heterocycles. The summed E-state index contributed by atoms with van der Waals surface area (Å²) in [5.41, 5.74) is -1.27. The highest BCUT2D eigenvalue weighted by Gasteiger charge is 2.19. The first kappa shape index (κ1) is 26.0. The monoisotopic (exact) mass is 405 g/mol. The van der Waals surface area contributed by atoms with Crippen LogP contribution in [0.25, 0.3) is 0 Å². The van der Waals surface area contributed by atoms with Gasteiger partial charge in [0.25, 0.3) is 0 Å². The van der Waals surface area contributed by atoms with E-state index in [-0.39, 0.29) is 25.6 Å². The summed E-state index contributed by atoms with van der Waals surface area (Å²) in [6, 6.07) is 0. The van der Waals surface area contributed by atoms with E-state index in [1.54, 1.807) is 48.5 Å². The smallest absolute Gasteiger partial charge is 0.466 e. The van der Waals surface area contributed by atoms with E-state index in [9.17, 15) is 14.4 Å². The maximum absolute atomic E-state index is 11.6. The highest BCUT2D eigenvalue weighted by atomic mass is 16.7. The van der Waals surface area contributed by atoms with Gasteiger partial charge in [-0.2, -0.15) is 0 Å². The molecule has 0 radical (unpaired) electrons. The fourth-order valence-electron chi connectivity index (χ4n) is 1.89. The van der Waals surface area contributed by atoms with Crippen molar-refractivity contribution in [1.29, 1.82) is 0 Å². The lowest BCUT2D eigenvalue weighted by atomic mass is 10.2. The predicted octanol–water partition coefficient (Wildman–Crippen LogP) is 3.15. The lowest BCUT2D eigenvalue weighted by Crippen LogP contribution is -2.35. The van der Waals surface area contributed by atoms with Gasteiger partial charge in [0.15, 0.2) is 0 Å². The van der Waals surface area contributed by atoms with E-state index in [0.29, 0.717) is 26.2 Å². The molecule has 28 heavy (non-hydrogen) atoms. The molecule has 0 N–H and O–H groups in total. The van der Waals surface area contributed by atoms with Gasteiger partial charge in [0.1, 0.15) is 24.4 Å². The number of hydrogen-bond donors (Lipinski definition) is 0. The zero-order valence-corrected chi connectivity index (χ0v) is 18.2. The van der Waals surface area contributed by atoms with E-state index < -0.39 is 23.5 Å². The molecule has 0 saturated heterocycles. The standard InChI is InChI=1S/C19H35NO8/c1-8-24-15(21)9-10-20(11-13-25-16(22)27-18(2,3)4)12-14-26-17(23)28-19(5,6)7/h8-14H2,1-7H3. The summed E-state index contributed by atoms with van der Waals surface area (Å²) in [4.78, 5) is 36.6. The van der Waals surface area contributed by atoms with Gasteiger partial charge < -0.3 is 23.7 Å². The van der Waals surface area contributed by atoms with Gasteiger partial charge in [-0.15, -0.1) is 0 Å². The Morgan fingerprint density at radius 3 is 1.50 bits per heavy atom. The summed E-state index contributed by atoms with van der Waals surface area (Å²) in [5.74, 6) is -0.325. The number of carbonyl (C=O) groups is 3. The van der Waals surface area contributed by atoms with Crippen LogP contribution in [-0.4, -0.2) is 73.8 Å². The van der Waals surface area contributed by atoms with Crippen molar-refractivity contribution >= 4 is 18.3 Å². The summed E-state index contributed by atoms with van der Waals surface area (Å²) in [6.07, 6.45) is -1.35. The summed E-state index contributed by atoms with van der Waals surface area (Å²) in [7, 11) is 0. The van der Waals surface area contributed by atoms with Crippen molar-refractivity contribution in [2.45, 2.75) is 66.1 Å². The fraction of sp³-hybridized carbons (Fsp3) is 0.842. The maximum atomic E-state index is 11.6. The van der Waals surface area contributed by atoms with Crippen molar-refractivity contribution in [3.05, 3.63) is 0 Å². The zero-order valence-electron chi connectivity index (χ0n) is 18.2. The lowest BCUT2D eigenvalue weighted by Gasteiger charge is -2.23. The van der Waals surface area contributed by atoms with Gasteiger partial charge in [0, 0.05) is 19.6 Å². The molecule has 0 spiro atoms. The maximum Gasteiger partial charge on any atom is 0.508 e. The Balaban J connectivity index is 4.43. The lowest BCUT2D eigenvalue weighted by molar-refractivity contribution is -0.143. The van der Waals surface area contributed by atoms with Gasteiger partial charge in [-0.25, -0.2) is 9.59 Å². The predicted molar refractivity (Wildman–Crippen MR) is 102 cm³/mol. The molecule has 9 nitrogen and oxygen atoms in total. The minimum Gasteiger partial charge on any atom is -0.466 e. The van der Waals surface area contributed by atoms with Crippen molar-refractivity contribution in [2.24, 2.45) is 0 Å². The molecule has 0 aromatic heterocycles. The quantitative estimate of drug-likeness (QED) is 0.401. The summed E-state index contributed by atoms with van der Waals surface area (Å²) in [6.45, 7) is 13.7. The minimum atomic E-state index is -0.761. The van der Waals surface area contributed by atoms with Crippen molar-refractivity contribution < 1.29 is 38.1 Å². The number of hydrogen-bond acceptors (Lipinski definition) is 9. The molecular formula is C19H35NO8. The first-order valence-electron chi connectivity index (χ1n) is 9.42. The third kappa shape index (κ3) is 16.2. The van der Waals surface area contributed by atoms with E-state index in [0.717, 1.165) is 0 Å². The first-order valence-corrected chi connectivity index (χ1v) is 9.42. The number of rotatable bonds is 10. The minimum absolute atomic E-state index is 0.0736. The SMILES string of the molecule is CCOC(=O)CCN(CCOC(=O)OC(C)(C)C)CCOC(=O)OC(C)(C)C. The fourth-order valence-corrected chi connectivity index (χ4v) is 1.89. The van der Waals surface area contributed by atoms with E-state index in [1.807, 2.05) is 4.90 Å². The Bertz CT molecular complexity index is 459. The molecular weight excluding hydrogens is 370 g/mol. The molecule has 0 heterocycles. The van der Waals surface area contributed by atoms with E-state index in [1.165, 1.54) is 0 Å². The normalized spacial score (nSPS) is 11.7. The van der Waals surface area contributed by atoms with Gasteiger partial charge in [-0.1, -0.05) is 0 Å². The second kappa shape index (κ2) is 12.4. The Morgan fingerprint density at radius 1 is 0.714 bits per heavy atom. The van der Waals surface area contributed by atoms with Gasteiger partial charge in [-0.05, 0) is 48.5 Å². The summed E-state index contributed by atoms with van der Waals surface area (Å²) < 4.78 is 25.1. The van der Waals surface area contributed by atoms with Gasteiger partial charge in [0.2, 0.25) is 0 Å². The van der Waals surface area contributed by atoms with Gasteiger partial charge in [-0.3, -0.25) is 9.69 Å². The zero-order chi connectivity index (χ0) is 21.8. The number of ether oxygens (including phenoxy) is 5. The second-order valence-corrected chi connectivity index (χ2v) is 8.02. The van der Waals surface area contributed by atoms with Crippen LogP contribution in [-0.2, 0) is 28.5 Å². The van der Waals surface area contributed by atoms with E-state index in [4.69, 9.17) is 23.7 Å². The molecule has 0 rings (SSSR count). The van der Waals surface area contributed by atoms with E-state index >= 15 is 0 Å². The molecule has 0 amide bonds. The van der Waals surface area contributed by atoms with Crippen molar-refractivity contribution in [1.82, 2.24) is 4.90 Å². The molecule has 0 atom stereocenters.